The predicted molar refractivity (Wildman–Crippen MR) is 64.2 cm³/mol. The maximum atomic E-state index is 5.93. The third-order valence-corrected chi connectivity index (χ3v) is 2.47. The van der Waals surface area contributed by atoms with E-state index in [0.29, 0.717) is 0 Å². The Morgan fingerprint density at radius 2 is 1.67 bits per heavy atom. The molecule has 2 rings (SSSR count). The summed E-state index contributed by atoms with van der Waals surface area (Å²) in [6, 6.07) is 10.1. The van der Waals surface area contributed by atoms with Crippen LogP contribution in [0.15, 0.2) is 36.5 Å². The van der Waals surface area contributed by atoms with Crippen molar-refractivity contribution in [2.75, 3.05) is 0 Å². The minimum atomic E-state index is 0.721. The molecule has 0 bridgehead atoms. The number of rotatable bonds is 1. The van der Waals surface area contributed by atoms with Gasteiger partial charge in [0.2, 0.25) is 0 Å². The van der Waals surface area contributed by atoms with Gasteiger partial charge in [0, 0.05) is 16.8 Å². The van der Waals surface area contributed by atoms with Gasteiger partial charge in [-0.2, -0.15) is 0 Å². The average Bonchev–Trinajstić information content (AvgIpc) is 2.16. The third-order valence-electron chi connectivity index (χ3n) is 2.24. The Kier molecular flexibility index (Phi) is 2.74. The van der Waals surface area contributed by atoms with E-state index in [2.05, 4.69) is 37.0 Å². The van der Waals surface area contributed by atoms with Gasteiger partial charge >= 0.3 is 0 Å². The SMILES string of the molecule is Cc1cc(C)cc(-c2cc(Cl)ccn2)c1. The van der Waals surface area contributed by atoms with E-state index in [1.54, 1.807) is 12.3 Å². The second kappa shape index (κ2) is 4.03. The summed E-state index contributed by atoms with van der Waals surface area (Å²) in [5, 5.41) is 0.721. The maximum absolute atomic E-state index is 5.93. The van der Waals surface area contributed by atoms with Gasteiger partial charge < -0.3 is 0 Å². The fourth-order valence-electron chi connectivity index (χ4n) is 1.69. The molecule has 0 unspecified atom stereocenters. The van der Waals surface area contributed by atoms with Crippen LogP contribution in [0.3, 0.4) is 0 Å². The number of benzene rings is 1. The van der Waals surface area contributed by atoms with Crippen LogP contribution in [0.5, 0.6) is 0 Å². The highest BCUT2D eigenvalue weighted by molar-refractivity contribution is 6.30. The lowest BCUT2D eigenvalue weighted by molar-refractivity contribution is 1.30. The van der Waals surface area contributed by atoms with E-state index in [9.17, 15) is 0 Å². The smallest absolute Gasteiger partial charge is 0.0716 e. The van der Waals surface area contributed by atoms with Gasteiger partial charge in [-0.3, -0.25) is 4.98 Å². The summed E-state index contributed by atoms with van der Waals surface area (Å²) in [6.45, 7) is 4.17. The fourth-order valence-corrected chi connectivity index (χ4v) is 1.84. The van der Waals surface area contributed by atoms with Gasteiger partial charge in [0.15, 0.2) is 0 Å². The summed E-state index contributed by atoms with van der Waals surface area (Å²) in [4.78, 5) is 4.31. The largest absolute Gasteiger partial charge is 0.256 e. The van der Waals surface area contributed by atoms with Crippen LogP contribution in [0.2, 0.25) is 5.02 Å². The van der Waals surface area contributed by atoms with Crippen molar-refractivity contribution in [1.82, 2.24) is 4.98 Å². The maximum Gasteiger partial charge on any atom is 0.0716 e. The molecule has 0 saturated heterocycles. The van der Waals surface area contributed by atoms with Crippen molar-refractivity contribution in [2.45, 2.75) is 13.8 Å². The lowest BCUT2D eigenvalue weighted by Crippen LogP contribution is -1.85. The predicted octanol–water partition coefficient (Wildman–Crippen LogP) is 4.02. The van der Waals surface area contributed by atoms with Crippen molar-refractivity contribution < 1.29 is 0 Å². The second-order valence-electron chi connectivity index (χ2n) is 3.74. The van der Waals surface area contributed by atoms with Crippen LogP contribution in [0.4, 0.5) is 0 Å². The van der Waals surface area contributed by atoms with Crippen LogP contribution in [-0.4, -0.2) is 4.98 Å². The van der Waals surface area contributed by atoms with Crippen molar-refractivity contribution in [2.24, 2.45) is 0 Å². The van der Waals surface area contributed by atoms with Gasteiger partial charge in [0.1, 0.15) is 0 Å². The van der Waals surface area contributed by atoms with E-state index >= 15 is 0 Å². The summed E-state index contributed by atoms with van der Waals surface area (Å²) in [5.74, 6) is 0. The Balaban J connectivity index is 2.54. The molecule has 1 aromatic carbocycles. The van der Waals surface area contributed by atoms with Gasteiger partial charge in [-0.1, -0.05) is 28.8 Å². The molecule has 15 heavy (non-hydrogen) atoms. The number of aromatic nitrogens is 1. The molecule has 0 aliphatic rings. The normalized spacial score (nSPS) is 10.3. The van der Waals surface area contributed by atoms with Gasteiger partial charge in [-0.25, -0.2) is 0 Å². The molecule has 2 aromatic rings. The average molecular weight is 218 g/mol. The van der Waals surface area contributed by atoms with E-state index < -0.39 is 0 Å². The Bertz CT molecular complexity index is 471. The topological polar surface area (TPSA) is 12.9 Å². The zero-order valence-corrected chi connectivity index (χ0v) is 9.55. The minimum absolute atomic E-state index is 0.721. The van der Waals surface area contributed by atoms with Crippen molar-refractivity contribution in [1.29, 1.82) is 0 Å². The monoisotopic (exact) mass is 217 g/mol. The number of pyridine rings is 1. The zero-order chi connectivity index (χ0) is 10.8. The number of hydrogen-bond acceptors (Lipinski definition) is 1. The molecular formula is C13H12ClN. The molecule has 0 amide bonds. The van der Waals surface area contributed by atoms with Gasteiger partial charge in [0.25, 0.3) is 0 Å². The van der Waals surface area contributed by atoms with Crippen LogP contribution < -0.4 is 0 Å². The molecule has 2 heteroatoms. The first kappa shape index (κ1) is 10.2. The van der Waals surface area contributed by atoms with E-state index in [-0.39, 0.29) is 0 Å². The molecule has 1 aromatic heterocycles. The highest BCUT2D eigenvalue weighted by Gasteiger charge is 2.01. The number of aryl methyl sites for hydroxylation is 2. The first-order valence-corrected chi connectivity index (χ1v) is 5.23. The van der Waals surface area contributed by atoms with E-state index in [4.69, 9.17) is 11.6 Å². The molecule has 0 atom stereocenters. The molecule has 0 N–H and O–H groups in total. The highest BCUT2D eigenvalue weighted by atomic mass is 35.5. The molecule has 0 fully saturated rings. The van der Waals surface area contributed by atoms with Crippen LogP contribution >= 0.6 is 11.6 Å². The fraction of sp³-hybridized carbons (Fsp3) is 0.154. The van der Waals surface area contributed by atoms with Crippen molar-refractivity contribution >= 4 is 11.6 Å². The quantitative estimate of drug-likeness (QED) is 0.703. The molecule has 0 spiro atoms. The van der Waals surface area contributed by atoms with Crippen LogP contribution in [0.25, 0.3) is 11.3 Å². The van der Waals surface area contributed by atoms with E-state index in [1.807, 2.05) is 6.07 Å². The molecule has 1 heterocycles. The first-order valence-electron chi connectivity index (χ1n) is 4.85. The van der Waals surface area contributed by atoms with Crippen LogP contribution in [0, 0.1) is 13.8 Å². The molecule has 76 valence electrons. The summed E-state index contributed by atoms with van der Waals surface area (Å²) >= 11 is 5.93. The summed E-state index contributed by atoms with van der Waals surface area (Å²) < 4.78 is 0. The van der Waals surface area contributed by atoms with Crippen molar-refractivity contribution in [3.05, 3.63) is 52.7 Å². The second-order valence-corrected chi connectivity index (χ2v) is 4.17. The van der Waals surface area contributed by atoms with Gasteiger partial charge in [0.05, 0.1) is 5.69 Å². The lowest BCUT2D eigenvalue weighted by atomic mass is 10.0. The standard InChI is InChI=1S/C13H12ClN/c1-9-5-10(2)7-11(6-9)13-8-12(14)3-4-15-13/h3-8H,1-2H3. The number of nitrogens with zero attached hydrogens (tertiary/aromatic N) is 1. The van der Waals surface area contributed by atoms with Gasteiger partial charge in [-0.05, 0) is 38.1 Å². The number of halogens is 1. The minimum Gasteiger partial charge on any atom is -0.256 e. The summed E-state index contributed by atoms with van der Waals surface area (Å²) in [6.07, 6.45) is 1.73. The van der Waals surface area contributed by atoms with Crippen molar-refractivity contribution in [3.63, 3.8) is 0 Å². The van der Waals surface area contributed by atoms with E-state index in [1.165, 1.54) is 11.1 Å². The molecule has 0 saturated carbocycles. The van der Waals surface area contributed by atoms with Crippen LogP contribution in [0.1, 0.15) is 11.1 Å². The summed E-state index contributed by atoms with van der Waals surface area (Å²) in [5.41, 5.74) is 4.53. The third kappa shape index (κ3) is 2.37. The lowest BCUT2D eigenvalue weighted by Gasteiger charge is -2.04. The zero-order valence-electron chi connectivity index (χ0n) is 8.79. The molecule has 0 aliphatic carbocycles. The number of hydrogen-bond donors (Lipinski definition) is 0. The molecule has 1 nitrogen and oxygen atoms in total. The molecule has 0 radical (unpaired) electrons. The highest BCUT2D eigenvalue weighted by Crippen LogP contribution is 2.22. The van der Waals surface area contributed by atoms with E-state index in [0.717, 1.165) is 16.3 Å². The Labute approximate surface area is 94.7 Å². The van der Waals surface area contributed by atoms with Crippen LogP contribution in [-0.2, 0) is 0 Å². The van der Waals surface area contributed by atoms with Crippen molar-refractivity contribution in [3.8, 4) is 11.3 Å². The van der Waals surface area contributed by atoms with Gasteiger partial charge in [-0.15, -0.1) is 0 Å². The summed E-state index contributed by atoms with van der Waals surface area (Å²) in [7, 11) is 0. The first-order chi connectivity index (χ1) is 7.15. The molecular weight excluding hydrogens is 206 g/mol. The Hall–Kier alpha value is -1.34. The molecule has 0 aliphatic heterocycles. The Morgan fingerprint density at radius 3 is 2.27 bits per heavy atom. The Morgan fingerprint density at radius 1 is 1.00 bits per heavy atom.